The van der Waals surface area contributed by atoms with Gasteiger partial charge in [-0.1, -0.05) is 12.1 Å². The number of alkyl halides is 2. The van der Waals surface area contributed by atoms with E-state index in [1.807, 2.05) is 0 Å². The molecule has 1 aliphatic heterocycles. The van der Waals surface area contributed by atoms with Crippen molar-refractivity contribution in [2.45, 2.75) is 12.0 Å². The van der Waals surface area contributed by atoms with Gasteiger partial charge < -0.3 is 14.4 Å². The van der Waals surface area contributed by atoms with E-state index in [9.17, 15) is 13.6 Å². The van der Waals surface area contributed by atoms with Crippen LogP contribution in [0.2, 0.25) is 0 Å². The van der Waals surface area contributed by atoms with Gasteiger partial charge >= 0.3 is 18.9 Å². The quantitative estimate of drug-likeness (QED) is 0.502. The van der Waals surface area contributed by atoms with Gasteiger partial charge in [-0.05, 0) is 23.8 Å². The Balaban J connectivity index is 0.00000162. The molecule has 6 heteroatoms. The maximum atomic E-state index is 12.7. The second kappa shape index (κ2) is 5.83. The minimum absolute atomic E-state index is 0. The molecule has 0 aromatic heterocycles. The summed E-state index contributed by atoms with van der Waals surface area (Å²) in [4.78, 5) is 12.2. The van der Waals surface area contributed by atoms with E-state index in [2.05, 4.69) is 0 Å². The number of rotatable bonds is 4. The molecule has 0 saturated carbocycles. The van der Waals surface area contributed by atoms with Gasteiger partial charge in [-0.15, -0.1) is 0 Å². The average molecular weight is 247 g/mol. The number of carbonyl (C=O) groups excluding carboxylic acids is 1. The molecule has 2 rings (SSSR count). The standard InChI is InChI=1S/C12H12F2NO2.Li/c1-17-11(6-16)9-3-2-4-10(5-9)15-7-12(13,14)8-15;/h2-5,11H,7-8H2,1H3;/q-1;+1. The van der Waals surface area contributed by atoms with Crippen LogP contribution in [0.5, 0.6) is 0 Å². The van der Waals surface area contributed by atoms with Crippen molar-refractivity contribution < 1.29 is 37.2 Å². The van der Waals surface area contributed by atoms with Crippen molar-refractivity contribution in [1.82, 2.24) is 0 Å². The smallest absolute Gasteiger partial charge is 0.539 e. The molecule has 1 heterocycles. The van der Waals surface area contributed by atoms with Gasteiger partial charge in [0, 0.05) is 12.8 Å². The van der Waals surface area contributed by atoms with Crippen LogP contribution in [0.4, 0.5) is 14.5 Å². The van der Waals surface area contributed by atoms with Crippen LogP contribution < -0.4 is 23.8 Å². The molecule has 0 radical (unpaired) electrons. The van der Waals surface area contributed by atoms with Gasteiger partial charge in [-0.3, -0.25) is 0 Å². The Labute approximate surface area is 116 Å². The van der Waals surface area contributed by atoms with E-state index in [0.29, 0.717) is 11.3 Å². The Morgan fingerprint density at radius 3 is 2.61 bits per heavy atom. The number of ether oxygens (including phenoxy) is 1. The molecule has 1 unspecified atom stereocenters. The Bertz CT molecular complexity index is 420. The fourth-order valence-corrected chi connectivity index (χ4v) is 1.83. The summed E-state index contributed by atoms with van der Waals surface area (Å²) in [6.45, 7) is -0.558. The number of hydrogen-bond acceptors (Lipinski definition) is 3. The van der Waals surface area contributed by atoms with Gasteiger partial charge in [-0.2, -0.15) is 0 Å². The number of halogens is 2. The van der Waals surface area contributed by atoms with E-state index in [0.717, 1.165) is 0 Å². The molecule has 0 spiro atoms. The summed E-state index contributed by atoms with van der Waals surface area (Å²) in [6.07, 6.45) is 0.981. The molecule has 0 amide bonds. The van der Waals surface area contributed by atoms with Crippen LogP contribution in [0.25, 0.3) is 0 Å². The minimum Gasteiger partial charge on any atom is -0.539 e. The third-order valence-electron chi connectivity index (χ3n) is 2.73. The third kappa shape index (κ3) is 3.11. The Morgan fingerprint density at radius 1 is 1.44 bits per heavy atom. The Morgan fingerprint density at radius 2 is 2.11 bits per heavy atom. The maximum absolute atomic E-state index is 12.7. The molecule has 1 aromatic rings. The molecule has 18 heavy (non-hydrogen) atoms. The van der Waals surface area contributed by atoms with E-state index in [4.69, 9.17) is 4.74 Å². The van der Waals surface area contributed by atoms with E-state index in [1.54, 1.807) is 35.5 Å². The number of hydrogen-bond donors (Lipinski definition) is 0. The monoisotopic (exact) mass is 247 g/mol. The average Bonchev–Trinajstić information content (AvgIpc) is 2.28. The Kier molecular flexibility index (Phi) is 4.91. The normalized spacial score (nSPS) is 18.5. The summed E-state index contributed by atoms with van der Waals surface area (Å²) >= 11 is 0. The molecule has 0 aliphatic carbocycles. The van der Waals surface area contributed by atoms with Crippen LogP contribution in [-0.2, 0) is 9.53 Å². The van der Waals surface area contributed by atoms with Crippen LogP contribution in [0, 0.1) is 0 Å². The molecule has 0 bridgehead atoms. The van der Waals surface area contributed by atoms with Gasteiger partial charge in [0.25, 0.3) is 5.92 Å². The van der Waals surface area contributed by atoms with Crippen molar-refractivity contribution in [3.8, 4) is 0 Å². The SMILES string of the molecule is COC([C-]=O)c1cccc(N2CC(F)(F)C2)c1.[Li+]. The first-order valence-corrected chi connectivity index (χ1v) is 5.19. The van der Waals surface area contributed by atoms with Crippen molar-refractivity contribution >= 4 is 12.0 Å². The van der Waals surface area contributed by atoms with E-state index >= 15 is 0 Å². The topological polar surface area (TPSA) is 29.5 Å². The van der Waals surface area contributed by atoms with Crippen molar-refractivity contribution in [3.05, 3.63) is 29.8 Å². The van der Waals surface area contributed by atoms with Crippen LogP contribution in [0.3, 0.4) is 0 Å². The number of benzene rings is 1. The molecule has 1 aliphatic rings. The molecule has 1 aromatic carbocycles. The van der Waals surface area contributed by atoms with Gasteiger partial charge in [-0.25, -0.2) is 15.1 Å². The van der Waals surface area contributed by atoms with E-state index < -0.39 is 12.0 Å². The summed E-state index contributed by atoms with van der Waals surface area (Å²) in [5, 5.41) is 0. The summed E-state index contributed by atoms with van der Waals surface area (Å²) in [5.41, 5.74) is 1.29. The molecule has 1 saturated heterocycles. The largest absolute Gasteiger partial charge is 1.00 e. The van der Waals surface area contributed by atoms with Gasteiger partial charge in [0.2, 0.25) is 0 Å². The first-order chi connectivity index (χ1) is 8.05. The summed E-state index contributed by atoms with van der Waals surface area (Å²) in [5.74, 6) is -2.60. The van der Waals surface area contributed by atoms with Crippen LogP contribution in [-0.4, -0.2) is 32.4 Å². The van der Waals surface area contributed by atoms with Crippen molar-refractivity contribution in [2.75, 3.05) is 25.1 Å². The first kappa shape index (κ1) is 15.2. The molecule has 0 N–H and O–H groups in total. The van der Waals surface area contributed by atoms with Crippen molar-refractivity contribution in [3.63, 3.8) is 0 Å². The van der Waals surface area contributed by atoms with Gasteiger partial charge in [0.05, 0.1) is 13.1 Å². The fraction of sp³-hybridized carbons (Fsp3) is 0.417. The van der Waals surface area contributed by atoms with Crippen molar-refractivity contribution in [2.24, 2.45) is 0 Å². The number of anilines is 1. The van der Waals surface area contributed by atoms with E-state index in [-0.39, 0.29) is 32.0 Å². The number of methoxy groups -OCH3 is 1. The predicted molar refractivity (Wildman–Crippen MR) is 59.0 cm³/mol. The summed E-state index contributed by atoms with van der Waals surface area (Å²) in [7, 11) is 1.40. The predicted octanol–water partition coefficient (Wildman–Crippen LogP) is -1.06. The second-order valence-electron chi connectivity index (χ2n) is 4.04. The minimum atomic E-state index is -2.60. The summed E-state index contributed by atoms with van der Waals surface area (Å²) in [6, 6.07) is 6.83. The van der Waals surface area contributed by atoms with Gasteiger partial charge in [0.1, 0.15) is 0 Å². The molecule has 1 atom stereocenters. The zero-order valence-corrected chi connectivity index (χ0v) is 10.3. The van der Waals surface area contributed by atoms with Crippen LogP contribution in [0.1, 0.15) is 11.7 Å². The van der Waals surface area contributed by atoms with Gasteiger partial charge in [0.15, 0.2) is 0 Å². The second-order valence-corrected chi connectivity index (χ2v) is 4.04. The molecular weight excluding hydrogens is 235 g/mol. The van der Waals surface area contributed by atoms with Crippen molar-refractivity contribution in [1.29, 1.82) is 0 Å². The first-order valence-electron chi connectivity index (χ1n) is 5.19. The molecule has 92 valence electrons. The van der Waals surface area contributed by atoms with E-state index in [1.165, 1.54) is 7.11 Å². The molecule has 3 nitrogen and oxygen atoms in total. The Hall–Kier alpha value is -0.893. The molecule has 1 fully saturated rings. The molecular formula is C12H12F2LiNO2. The zero-order valence-electron chi connectivity index (χ0n) is 10.3. The number of nitrogens with zero attached hydrogens (tertiary/aromatic N) is 1. The third-order valence-corrected chi connectivity index (χ3v) is 2.73. The van der Waals surface area contributed by atoms with Crippen LogP contribution in [0.15, 0.2) is 24.3 Å². The zero-order chi connectivity index (χ0) is 12.5. The van der Waals surface area contributed by atoms with Crippen LogP contribution >= 0.6 is 0 Å². The fourth-order valence-electron chi connectivity index (χ4n) is 1.83. The maximum Gasteiger partial charge on any atom is 1.00 e. The summed E-state index contributed by atoms with van der Waals surface area (Å²) < 4.78 is 30.4.